The Morgan fingerprint density at radius 1 is 0.871 bits per heavy atom. The standard InChI is InChI=1S/C29H32N2/c1-22(24-11-13-26(14-12-24)25-7-3-2-4-8-25)30-29-16-15-27-19-23(9-10-28(27)20-29)21-31-17-5-6-18-31/h2-4,7-8,11-16,20,23,30H,1,5-6,9-10,17-19,21H2. The predicted octanol–water partition coefficient (Wildman–Crippen LogP) is 6.64. The lowest BCUT2D eigenvalue weighted by molar-refractivity contribution is 0.262. The van der Waals surface area contributed by atoms with Gasteiger partial charge in [0.1, 0.15) is 0 Å². The molecule has 0 radical (unpaired) electrons. The second-order valence-corrected chi connectivity index (χ2v) is 9.15. The average Bonchev–Trinajstić information content (AvgIpc) is 3.33. The van der Waals surface area contributed by atoms with E-state index in [2.05, 4.69) is 89.6 Å². The topological polar surface area (TPSA) is 15.3 Å². The van der Waals surface area contributed by atoms with Gasteiger partial charge < -0.3 is 10.2 Å². The number of rotatable bonds is 6. The van der Waals surface area contributed by atoms with Crippen molar-refractivity contribution in [3.05, 3.63) is 96.1 Å². The van der Waals surface area contributed by atoms with Gasteiger partial charge in [-0.2, -0.15) is 0 Å². The maximum atomic E-state index is 4.29. The first-order valence-electron chi connectivity index (χ1n) is 11.7. The molecule has 158 valence electrons. The molecule has 1 heterocycles. The Labute approximate surface area is 186 Å². The van der Waals surface area contributed by atoms with Gasteiger partial charge in [-0.15, -0.1) is 0 Å². The summed E-state index contributed by atoms with van der Waals surface area (Å²) in [6.45, 7) is 8.19. The second kappa shape index (κ2) is 9.11. The number of fused-ring (bicyclic) bond motifs is 1. The van der Waals surface area contributed by atoms with E-state index in [4.69, 9.17) is 0 Å². The average molecular weight is 409 g/mol. The number of anilines is 1. The number of likely N-dealkylation sites (tertiary alicyclic amines) is 1. The Hall–Kier alpha value is -2.84. The summed E-state index contributed by atoms with van der Waals surface area (Å²) in [4.78, 5) is 2.67. The van der Waals surface area contributed by atoms with Gasteiger partial charge in [-0.05, 0) is 91.1 Å². The molecule has 1 unspecified atom stereocenters. The molecule has 1 N–H and O–H groups in total. The second-order valence-electron chi connectivity index (χ2n) is 9.15. The summed E-state index contributed by atoms with van der Waals surface area (Å²) < 4.78 is 0. The number of hydrogen-bond acceptors (Lipinski definition) is 2. The fourth-order valence-electron chi connectivity index (χ4n) is 5.14. The zero-order valence-electron chi connectivity index (χ0n) is 18.3. The first kappa shape index (κ1) is 20.1. The zero-order chi connectivity index (χ0) is 21.0. The van der Waals surface area contributed by atoms with Gasteiger partial charge in [-0.1, -0.05) is 67.2 Å². The molecule has 1 atom stereocenters. The van der Waals surface area contributed by atoms with Crippen molar-refractivity contribution in [2.75, 3.05) is 25.0 Å². The van der Waals surface area contributed by atoms with Crippen LogP contribution in [0.1, 0.15) is 36.0 Å². The minimum atomic E-state index is 0.822. The van der Waals surface area contributed by atoms with Gasteiger partial charge in [-0.25, -0.2) is 0 Å². The van der Waals surface area contributed by atoms with E-state index in [-0.39, 0.29) is 0 Å². The minimum Gasteiger partial charge on any atom is -0.356 e. The first-order valence-corrected chi connectivity index (χ1v) is 11.7. The SMILES string of the molecule is C=C(Nc1ccc2c(c1)CCC(CN1CCCC1)C2)c1ccc(-c2ccccc2)cc1. The van der Waals surface area contributed by atoms with Crippen molar-refractivity contribution in [2.24, 2.45) is 5.92 Å². The summed E-state index contributed by atoms with van der Waals surface area (Å²) in [7, 11) is 0. The third-order valence-corrected chi connectivity index (χ3v) is 6.89. The highest BCUT2D eigenvalue weighted by Crippen LogP contribution is 2.30. The maximum absolute atomic E-state index is 4.29. The van der Waals surface area contributed by atoms with Crippen LogP contribution in [0, 0.1) is 5.92 Å². The Bertz CT molecular complexity index is 1030. The van der Waals surface area contributed by atoms with E-state index >= 15 is 0 Å². The molecule has 1 saturated heterocycles. The molecule has 5 rings (SSSR count). The van der Waals surface area contributed by atoms with Crippen LogP contribution in [0.2, 0.25) is 0 Å². The van der Waals surface area contributed by atoms with E-state index in [1.807, 2.05) is 0 Å². The third kappa shape index (κ3) is 4.75. The molecule has 0 bridgehead atoms. The van der Waals surface area contributed by atoms with Gasteiger partial charge in [0, 0.05) is 17.9 Å². The lowest BCUT2D eigenvalue weighted by Gasteiger charge is -2.28. The van der Waals surface area contributed by atoms with Crippen LogP contribution in [0.15, 0.2) is 79.4 Å². The monoisotopic (exact) mass is 408 g/mol. The van der Waals surface area contributed by atoms with Gasteiger partial charge in [-0.3, -0.25) is 0 Å². The number of nitrogens with one attached hydrogen (secondary N) is 1. The Kier molecular flexibility index (Phi) is 5.90. The highest BCUT2D eigenvalue weighted by Gasteiger charge is 2.22. The summed E-state index contributed by atoms with van der Waals surface area (Å²) in [5.41, 5.74) is 8.74. The summed E-state index contributed by atoms with van der Waals surface area (Å²) in [6, 6.07) is 26.0. The van der Waals surface area contributed by atoms with Gasteiger partial charge >= 0.3 is 0 Å². The van der Waals surface area contributed by atoms with E-state index in [1.165, 1.54) is 68.4 Å². The molecule has 0 amide bonds. The molecular formula is C29H32N2. The highest BCUT2D eigenvalue weighted by atomic mass is 15.1. The lowest BCUT2D eigenvalue weighted by Crippen LogP contribution is -2.30. The highest BCUT2D eigenvalue weighted by molar-refractivity contribution is 5.77. The van der Waals surface area contributed by atoms with Crippen molar-refractivity contribution in [1.82, 2.24) is 4.90 Å². The maximum Gasteiger partial charge on any atom is 0.0387 e. The van der Waals surface area contributed by atoms with E-state index in [0.717, 1.165) is 22.9 Å². The number of nitrogens with zero attached hydrogens (tertiary/aromatic N) is 1. The minimum absolute atomic E-state index is 0.822. The molecule has 1 aliphatic carbocycles. The fourth-order valence-corrected chi connectivity index (χ4v) is 5.14. The molecule has 1 fully saturated rings. The van der Waals surface area contributed by atoms with Gasteiger partial charge in [0.25, 0.3) is 0 Å². The lowest BCUT2D eigenvalue weighted by atomic mass is 9.83. The molecule has 2 aliphatic rings. The summed E-state index contributed by atoms with van der Waals surface area (Å²) in [6.07, 6.45) is 6.51. The van der Waals surface area contributed by atoms with Gasteiger partial charge in [0.15, 0.2) is 0 Å². The van der Waals surface area contributed by atoms with E-state index in [0.29, 0.717) is 0 Å². The van der Waals surface area contributed by atoms with Crippen LogP contribution >= 0.6 is 0 Å². The van der Waals surface area contributed by atoms with Crippen molar-refractivity contribution in [1.29, 1.82) is 0 Å². The summed E-state index contributed by atoms with van der Waals surface area (Å²) >= 11 is 0. The molecule has 1 aliphatic heterocycles. The molecule has 2 nitrogen and oxygen atoms in total. The fraction of sp³-hybridized carbons (Fsp3) is 0.310. The molecule has 0 spiro atoms. The van der Waals surface area contributed by atoms with Crippen molar-refractivity contribution in [3.8, 4) is 11.1 Å². The van der Waals surface area contributed by atoms with Gasteiger partial charge in [0.05, 0.1) is 0 Å². The van der Waals surface area contributed by atoms with Crippen molar-refractivity contribution in [3.63, 3.8) is 0 Å². The quantitative estimate of drug-likeness (QED) is 0.492. The largest absolute Gasteiger partial charge is 0.356 e. The van der Waals surface area contributed by atoms with Crippen LogP contribution in [-0.2, 0) is 12.8 Å². The van der Waals surface area contributed by atoms with Gasteiger partial charge in [0.2, 0.25) is 0 Å². The van der Waals surface area contributed by atoms with E-state index < -0.39 is 0 Å². The van der Waals surface area contributed by atoms with Crippen LogP contribution in [0.4, 0.5) is 5.69 Å². The van der Waals surface area contributed by atoms with Crippen LogP contribution < -0.4 is 5.32 Å². The van der Waals surface area contributed by atoms with Crippen LogP contribution in [0.25, 0.3) is 16.8 Å². The Balaban J connectivity index is 1.22. The predicted molar refractivity (Wildman–Crippen MR) is 132 cm³/mol. The number of benzene rings is 3. The number of aryl methyl sites for hydroxylation is 1. The third-order valence-electron chi connectivity index (χ3n) is 6.89. The van der Waals surface area contributed by atoms with Crippen LogP contribution in [0.3, 0.4) is 0 Å². The Morgan fingerprint density at radius 3 is 2.39 bits per heavy atom. The normalized spacial score (nSPS) is 18.5. The van der Waals surface area contributed by atoms with E-state index in [9.17, 15) is 0 Å². The Morgan fingerprint density at radius 2 is 1.61 bits per heavy atom. The van der Waals surface area contributed by atoms with Crippen molar-refractivity contribution < 1.29 is 0 Å². The molecule has 31 heavy (non-hydrogen) atoms. The van der Waals surface area contributed by atoms with Crippen LogP contribution in [-0.4, -0.2) is 24.5 Å². The molecular weight excluding hydrogens is 376 g/mol. The molecule has 2 heteroatoms. The van der Waals surface area contributed by atoms with Crippen molar-refractivity contribution >= 4 is 11.4 Å². The van der Waals surface area contributed by atoms with E-state index in [1.54, 1.807) is 5.56 Å². The number of hydrogen-bond donors (Lipinski definition) is 1. The molecule has 3 aromatic rings. The molecule has 3 aromatic carbocycles. The van der Waals surface area contributed by atoms with Crippen LogP contribution in [0.5, 0.6) is 0 Å². The smallest absolute Gasteiger partial charge is 0.0387 e. The summed E-state index contributed by atoms with van der Waals surface area (Å²) in [5.74, 6) is 0.822. The van der Waals surface area contributed by atoms with Crippen molar-refractivity contribution in [2.45, 2.75) is 32.1 Å². The molecule has 0 saturated carbocycles. The summed E-state index contributed by atoms with van der Waals surface area (Å²) in [5, 5.41) is 3.53. The first-order chi connectivity index (χ1) is 15.2. The molecule has 0 aromatic heterocycles. The zero-order valence-corrected chi connectivity index (χ0v) is 18.3.